The third kappa shape index (κ3) is 5.14. The average molecular weight is 392 g/mol. The predicted molar refractivity (Wildman–Crippen MR) is 104 cm³/mol. The Hall–Kier alpha value is -2.73. The SMILES string of the molecule is COc1cc(OC)c(NC(=O)CCC(=O)c2cc(C)ccc2OC)cc1Cl. The lowest BCUT2D eigenvalue weighted by molar-refractivity contribution is -0.116. The lowest BCUT2D eigenvalue weighted by atomic mass is 10.0. The summed E-state index contributed by atoms with van der Waals surface area (Å²) < 4.78 is 15.6. The number of ketones is 1. The van der Waals surface area contributed by atoms with Crippen LogP contribution in [0.25, 0.3) is 0 Å². The maximum absolute atomic E-state index is 12.5. The molecule has 6 nitrogen and oxygen atoms in total. The zero-order valence-electron chi connectivity index (χ0n) is 15.7. The van der Waals surface area contributed by atoms with Crippen molar-refractivity contribution >= 4 is 29.0 Å². The second kappa shape index (κ2) is 9.28. The van der Waals surface area contributed by atoms with Crippen LogP contribution in [-0.4, -0.2) is 33.0 Å². The molecule has 27 heavy (non-hydrogen) atoms. The Morgan fingerprint density at radius 1 is 0.926 bits per heavy atom. The van der Waals surface area contributed by atoms with E-state index in [2.05, 4.69) is 5.32 Å². The van der Waals surface area contributed by atoms with Crippen LogP contribution < -0.4 is 19.5 Å². The summed E-state index contributed by atoms with van der Waals surface area (Å²) >= 11 is 6.10. The van der Waals surface area contributed by atoms with Crippen molar-refractivity contribution in [3.05, 3.63) is 46.5 Å². The molecule has 0 unspecified atom stereocenters. The summed E-state index contributed by atoms with van der Waals surface area (Å²) in [6.45, 7) is 1.89. The number of halogens is 1. The molecule has 0 bridgehead atoms. The number of anilines is 1. The number of aryl methyl sites for hydroxylation is 1. The fraction of sp³-hybridized carbons (Fsp3) is 0.300. The van der Waals surface area contributed by atoms with E-state index in [0.29, 0.717) is 33.5 Å². The van der Waals surface area contributed by atoms with E-state index in [1.54, 1.807) is 24.3 Å². The van der Waals surface area contributed by atoms with Crippen LogP contribution in [-0.2, 0) is 4.79 Å². The van der Waals surface area contributed by atoms with Gasteiger partial charge in [0, 0.05) is 18.9 Å². The van der Waals surface area contributed by atoms with Gasteiger partial charge in [-0.1, -0.05) is 23.2 Å². The molecule has 0 aliphatic carbocycles. The predicted octanol–water partition coefficient (Wildman–Crippen LogP) is 4.28. The third-order valence-electron chi connectivity index (χ3n) is 3.98. The van der Waals surface area contributed by atoms with Crippen molar-refractivity contribution in [2.75, 3.05) is 26.6 Å². The molecule has 0 aliphatic rings. The first-order chi connectivity index (χ1) is 12.9. The van der Waals surface area contributed by atoms with E-state index in [0.717, 1.165) is 5.56 Å². The largest absolute Gasteiger partial charge is 0.496 e. The molecule has 2 aromatic carbocycles. The van der Waals surface area contributed by atoms with Crippen LogP contribution >= 0.6 is 11.6 Å². The van der Waals surface area contributed by atoms with Crippen molar-refractivity contribution in [2.24, 2.45) is 0 Å². The molecular weight excluding hydrogens is 370 g/mol. The average Bonchev–Trinajstić information content (AvgIpc) is 2.66. The number of rotatable bonds is 8. The lowest BCUT2D eigenvalue weighted by Gasteiger charge is -2.13. The number of methoxy groups -OCH3 is 3. The van der Waals surface area contributed by atoms with Crippen LogP contribution in [0.2, 0.25) is 5.02 Å². The van der Waals surface area contributed by atoms with Gasteiger partial charge in [-0.3, -0.25) is 9.59 Å². The Morgan fingerprint density at radius 3 is 2.22 bits per heavy atom. The third-order valence-corrected chi connectivity index (χ3v) is 4.28. The Morgan fingerprint density at radius 2 is 1.59 bits per heavy atom. The van der Waals surface area contributed by atoms with Crippen molar-refractivity contribution < 1.29 is 23.8 Å². The number of amides is 1. The highest BCUT2D eigenvalue weighted by molar-refractivity contribution is 6.32. The second-order valence-corrected chi connectivity index (χ2v) is 6.27. The number of Topliss-reactive ketones (excluding diaryl/α,β-unsaturated/α-hetero) is 1. The zero-order chi connectivity index (χ0) is 20.0. The van der Waals surface area contributed by atoms with E-state index in [-0.39, 0.29) is 24.5 Å². The number of hydrogen-bond donors (Lipinski definition) is 1. The van der Waals surface area contributed by atoms with Crippen molar-refractivity contribution in [3.8, 4) is 17.2 Å². The molecule has 0 fully saturated rings. The molecule has 2 rings (SSSR count). The first-order valence-electron chi connectivity index (χ1n) is 8.28. The molecule has 0 radical (unpaired) electrons. The smallest absolute Gasteiger partial charge is 0.224 e. The van der Waals surface area contributed by atoms with Gasteiger partial charge in [-0.05, 0) is 25.1 Å². The molecule has 7 heteroatoms. The van der Waals surface area contributed by atoms with Gasteiger partial charge in [-0.2, -0.15) is 0 Å². The Bertz CT molecular complexity index is 851. The van der Waals surface area contributed by atoms with Crippen LogP contribution in [0, 0.1) is 6.92 Å². The summed E-state index contributed by atoms with van der Waals surface area (Å²) in [5.74, 6) is 0.860. The molecule has 0 aromatic heterocycles. The molecule has 144 valence electrons. The Labute approximate surface area is 163 Å². The summed E-state index contributed by atoms with van der Waals surface area (Å²) in [5, 5.41) is 3.05. The van der Waals surface area contributed by atoms with Gasteiger partial charge in [0.25, 0.3) is 0 Å². The molecule has 0 saturated heterocycles. The highest BCUT2D eigenvalue weighted by atomic mass is 35.5. The fourth-order valence-electron chi connectivity index (χ4n) is 2.57. The van der Waals surface area contributed by atoms with Crippen molar-refractivity contribution in [3.63, 3.8) is 0 Å². The van der Waals surface area contributed by atoms with Gasteiger partial charge in [0.05, 0.1) is 37.6 Å². The number of benzene rings is 2. The molecule has 0 atom stereocenters. The summed E-state index contributed by atoms with van der Waals surface area (Å²) in [6, 6.07) is 8.49. The minimum atomic E-state index is -0.325. The van der Waals surface area contributed by atoms with Gasteiger partial charge in [-0.25, -0.2) is 0 Å². The minimum absolute atomic E-state index is 0.0166. The number of ether oxygens (including phenoxy) is 3. The number of carbonyl (C=O) groups excluding carboxylic acids is 2. The summed E-state index contributed by atoms with van der Waals surface area (Å²) in [6.07, 6.45) is 0.0700. The molecule has 0 heterocycles. The molecule has 1 N–H and O–H groups in total. The Kier molecular flexibility index (Phi) is 7.07. The highest BCUT2D eigenvalue weighted by Gasteiger charge is 2.16. The van der Waals surface area contributed by atoms with Gasteiger partial charge in [-0.15, -0.1) is 0 Å². The lowest BCUT2D eigenvalue weighted by Crippen LogP contribution is -2.14. The van der Waals surface area contributed by atoms with Crippen LogP contribution in [0.1, 0.15) is 28.8 Å². The normalized spacial score (nSPS) is 10.3. The van der Waals surface area contributed by atoms with Gasteiger partial charge >= 0.3 is 0 Å². The van der Waals surface area contributed by atoms with Gasteiger partial charge in [0.1, 0.15) is 17.2 Å². The van der Waals surface area contributed by atoms with E-state index >= 15 is 0 Å². The topological polar surface area (TPSA) is 73.9 Å². The van der Waals surface area contributed by atoms with E-state index in [1.165, 1.54) is 21.3 Å². The monoisotopic (exact) mass is 391 g/mol. The van der Waals surface area contributed by atoms with E-state index in [9.17, 15) is 9.59 Å². The zero-order valence-corrected chi connectivity index (χ0v) is 16.5. The molecule has 0 aliphatic heterocycles. The molecule has 0 saturated carbocycles. The van der Waals surface area contributed by atoms with Crippen molar-refractivity contribution in [1.29, 1.82) is 0 Å². The fourth-order valence-corrected chi connectivity index (χ4v) is 2.81. The van der Waals surface area contributed by atoms with E-state index in [1.807, 2.05) is 13.0 Å². The minimum Gasteiger partial charge on any atom is -0.496 e. The second-order valence-electron chi connectivity index (χ2n) is 5.86. The molecule has 1 amide bonds. The quantitative estimate of drug-likeness (QED) is 0.680. The van der Waals surface area contributed by atoms with Crippen molar-refractivity contribution in [2.45, 2.75) is 19.8 Å². The summed E-state index contributed by atoms with van der Waals surface area (Å²) in [5.41, 5.74) is 1.82. The van der Waals surface area contributed by atoms with Gasteiger partial charge < -0.3 is 19.5 Å². The summed E-state index contributed by atoms with van der Waals surface area (Å²) in [4.78, 5) is 24.8. The number of hydrogen-bond acceptors (Lipinski definition) is 5. The maximum Gasteiger partial charge on any atom is 0.224 e. The highest BCUT2D eigenvalue weighted by Crippen LogP contribution is 2.36. The number of carbonyl (C=O) groups is 2. The maximum atomic E-state index is 12.5. The molecule has 2 aromatic rings. The summed E-state index contributed by atoms with van der Waals surface area (Å²) in [7, 11) is 4.48. The number of nitrogens with one attached hydrogen (secondary N) is 1. The van der Waals surface area contributed by atoms with Crippen molar-refractivity contribution in [1.82, 2.24) is 0 Å². The van der Waals surface area contributed by atoms with Crippen LogP contribution in [0.15, 0.2) is 30.3 Å². The van der Waals surface area contributed by atoms with Crippen LogP contribution in [0.5, 0.6) is 17.2 Å². The standard InChI is InChI=1S/C20H22ClNO5/c1-12-5-7-17(25-2)13(9-12)16(23)6-8-20(24)22-15-10-14(21)18(26-3)11-19(15)27-4/h5,7,9-11H,6,8H2,1-4H3,(H,22,24). The van der Waals surface area contributed by atoms with E-state index in [4.69, 9.17) is 25.8 Å². The molecule has 0 spiro atoms. The molecular formula is C20H22ClNO5. The van der Waals surface area contributed by atoms with Gasteiger partial charge in [0.2, 0.25) is 5.91 Å². The first-order valence-corrected chi connectivity index (χ1v) is 8.66. The van der Waals surface area contributed by atoms with E-state index < -0.39 is 0 Å². The van der Waals surface area contributed by atoms with Crippen LogP contribution in [0.3, 0.4) is 0 Å². The Balaban J connectivity index is 2.06. The van der Waals surface area contributed by atoms with Gasteiger partial charge in [0.15, 0.2) is 5.78 Å². The van der Waals surface area contributed by atoms with Crippen LogP contribution in [0.4, 0.5) is 5.69 Å². The first kappa shape index (κ1) is 20.6.